The van der Waals surface area contributed by atoms with Crippen LogP contribution in [0.5, 0.6) is 0 Å². The van der Waals surface area contributed by atoms with Gasteiger partial charge in [-0.1, -0.05) is 20.8 Å². The molecule has 0 rings (SSSR count). The molecule has 0 spiro atoms. The first kappa shape index (κ1) is 16.6. The lowest BCUT2D eigenvalue weighted by Crippen LogP contribution is -2.40. The van der Waals surface area contributed by atoms with E-state index in [9.17, 15) is 0 Å². The third-order valence-corrected chi connectivity index (χ3v) is 4.40. The Morgan fingerprint density at radius 3 is 2.31 bits per heavy atom. The molecule has 0 aliphatic carbocycles. The van der Waals surface area contributed by atoms with Gasteiger partial charge in [-0.25, -0.2) is 0 Å². The summed E-state index contributed by atoms with van der Waals surface area (Å²) in [5.74, 6) is 2.20. The molecule has 2 atom stereocenters. The molecule has 0 aromatic rings. The molecule has 4 heteroatoms. The van der Waals surface area contributed by atoms with Gasteiger partial charge in [-0.15, -0.1) is 0 Å². The minimum atomic E-state index is 0.275. The van der Waals surface area contributed by atoms with E-state index < -0.39 is 0 Å². The predicted molar refractivity (Wildman–Crippen MR) is 78.7 cm³/mol. The third-order valence-electron chi connectivity index (χ3n) is 2.13. The smallest absolute Gasteiger partial charge is 0.0446 e. The first-order chi connectivity index (χ1) is 7.39. The second-order valence-electron chi connectivity index (χ2n) is 5.16. The molecule has 0 fully saturated rings. The Hall–Kier alpha value is 0.620. The Morgan fingerprint density at radius 2 is 1.88 bits per heavy atom. The zero-order chi connectivity index (χ0) is 12.6. The molecule has 0 saturated carbocycles. The normalized spacial score (nSPS) is 16.1. The van der Waals surface area contributed by atoms with E-state index in [1.807, 2.05) is 23.5 Å². The summed E-state index contributed by atoms with van der Waals surface area (Å²) >= 11 is 3.82. The van der Waals surface area contributed by atoms with Gasteiger partial charge in [0.05, 0.1) is 0 Å². The van der Waals surface area contributed by atoms with Crippen molar-refractivity contribution >= 4 is 23.5 Å². The van der Waals surface area contributed by atoms with E-state index in [1.165, 1.54) is 0 Å². The number of thioether (sulfide) groups is 2. The lowest BCUT2D eigenvalue weighted by atomic mass is 10.2. The number of hydrogen-bond acceptors (Lipinski definition) is 4. The molecule has 0 aliphatic rings. The Bertz CT molecular complexity index is 165. The number of aliphatic hydroxyl groups excluding tert-OH is 1. The van der Waals surface area contributed by atoms with Gasteiger partial charge in [0.2, 0.25) is 0 Å². The molecule has 2 N–H and O–H groups in total. The van der Waals surface area contributed by atoms with Crippen LogP contribution in [0.25, 0.3) is 0 Å². The molecule has 0 bridgehead atoms. The molecule has 0 amide bonds. The van der Waals surface area contributed by atoms with E-state index in [0.29, 0.717) is 16.8 Å². The van der Waals surface area contributed by atoms with Gasteiger partial charge in [0.25, 0.3) is 0 Å². The lowest BCUT2D eigenvalue weighted by molar-refractivity contribution is 0.267. The van der Waals surface area contributed by atoms with E-state index in [1.54, 1.807) is 0 Å². The highest BCUT2D eigenvalue weighted by Gasteiger charge is 2.15. The van der Waals surface area contributed by atoms with Gasteiger partial charge < -0.3 is 10.4 Å². The van der Waals surface area contributed by atoms with Gasteiger partial charge in [-0.05, 0) is 19.6 Å². The summed E-state index contributed by atoms with van der Waals surface area (Å²) in [7, 11) is 0. The van der Waals surface area contributed by atoms with E-state index in [0.717, 1.165) is 17.9 Å². The average molecular weight is 265 g/mol. The topological polar surface area (TPSA) is 32.3 Å². The van der Waals surface area contributed by atoms with Crippen molar-refractivity contribution in [2.45, 2.75) is 50.9 Å². The van der Waals surface area contributed by atoms with Crippen LogP contribution < -0.4 is 5.32 Å². The van der Waals surface area contributed by atoms with Crippen LogP contribution in [0.4, 0.5) is 0 Å². The standard InChI is InChI=1S/C12H27NOS2/c1-10(8-16-12(2,3)4)13-11(6-7-14)9-15-5/h10-11,13-14H,6-9H2,1-5H3. The first-order valence-corrected chi connectivity index (χ1v) is 8.26. The monoisotopic (exact) mass is 265 g/mol. The number of hydrogen-bond donors (Lipinski definition) is 2. The van der Waals surface area contributed by atoms with Crippen molar-refractivity contribution in [3.8, 4) is 0 Å². The lowest BCUT2D eigenvalue weighted by Gasteiger charge is -2.25. The molecule has 2 unspecified atom stereocenters. The maximum absolute atomic E-state index is 8.98. The molecule has 0 aliphatic heterocycles. The van der Waals surface area contributed by atoms with E-state index in [-0.39, 0.29) is 6.61 Å². The molecular weight excluding hydrogens is 238 g/mol. The quantitative estimate of drug-likeness (QED) is 0.707. The highest BCUT2D eigenvalue weighted by atomic mass is 32.2. The van der Waals surface area contributed by atoms with E-state index in [4.69, 9.17) is 5.11 Å². The third kappa shape index (κ3) is 9.82. The van der Waals surface area contributed by atoms with Crippen molar-refractivity contribution in [2.24, 2.45) is 0 Å². The van der Waals surface area contributed by atoms with Crippen molar-refractivity contribution in [3.63, 3.8) is 0 Å². The Balaban J connectivity index is 3.85. The Kier molecular flexibility index (Phi) is 9.01. The van der Waals surface area contributed by atoms with E-state index >= 15 is 0 Å². The zero-order valence-electron chi connectivity index (χ0n) is 11.2. The van der Waals surface area contributed by atoms with Crippen molar-refractivity contribution in [2.75, 3.05) is 24.4 Å². The van der Waals surface area contributed by atoms with E-state index in [2.05, 4.69) is 39.3 Å². The summed E-state index contributed by atoms with van der Waals surface area (Å²) < 4.78 is 0.335. The molecule has 98 valence electrons. The second-order valence-corrected chi connectivity index (χ2v) is 7.91. The highest BCUT2D eigenvalue weighted by molar-refractivity contribution is 8.00. The fourth-order valence-corrected chi connectivity index (χ4v) is 2.91. The fraction of sp³-hybridized carbons (Fsp3) is 1.00. The van der Waals surface area contributed by atoms with Crippen LogP contribution in [-0.2, 0) is 0 Å². The van der Waals surface area contributed by atoms with Crippen LogP contribution in [0.1, 0.15) is 34.1 Å². The van der Waals surface area contributed by atoms with Crippen LogP contribution >= 0.6 is 23.5 Å². The van der Waals surface area contributed by atoms with Gasteiger partial charge >= 0.3 is 0 Å². The SMILES string of the molecule is CSCC(CCO)NC(C)CSC(C)(C)C. The van der Waals surface area contributed by atoms with Crippen molar-refractivity contribution in [1.29, 1.82) is 0 Å². The van der Waals surface area contributed by atoms with Crippen LogP contribution in [0.3, 0.4) is 0 Å². The summed E-state index contributed by atoms with van der Waals surface area (Å²) in [5, 5.41) is 12.6. The molecule has 2 nitrogen and oxygen atoms in total. The van der Waals surface area contributed by atoms with Crippen molar-refractivity contribution in [1.82, 2.24) is 5.32 Å². The summed E-state index contributed by atoms with van der Waals surface area (Å²) in [6.07, 6.45) is 2.96. The molecule has 0 aromatic heterocycles. The maximum Gasteiger partial charge on any atom is 0.0446 e. The predicted octanol–water partition coefficient (Wildman–Crippen LogP) is 2.61. The van der Waals surface area contributed by atoms with Crippen molar-refractivity contribution in [3.05, 3.63) is 0 Å². The number of aliphatic hydroxyl groups is 1. The minimum Gasteiger partial charge on any atom is -0.396 e. The van der Waals surface area contributed by atoms with Gasteiger partial charge in [0.1, 0.15) is 0 Å². The van der Waals surface area contributed by atoms with Gasteiger partial charge in [0, 0.05) is 34.9 Å². The molecule has 0 saturated heterocycles. The number of rotatable bonds is 8. The van der Waals surface area contributed by atoms with Gasteiger partial charge in [-0.2, -0.15) is 23.5 Å². The maximum atomic E-state index is 8.98. The fourth-order valence-electron chi connectivity index (χ4n) is 1.40. The van der Waals surface area contributed by atoms with Crippen molar-refractivity contribution < 1.29 is 5.11 Å². The molecular formula is C12H27NOS2. The van der Waals surface area contributed by atoms with Gasteiger partial charge in [-0.3, -0.25) is 0 Å². The zero-order valence-corrected chi connectivity index (χ0v) is 12.9. The van der Waals surface area contributed by atoms with Gasteiger partial charge in [0.15, 0.2) is 0 Å². The molecule has 0 heterocycles. The molecule has 16 heavy (non-hydrogen) atoms. The average Bonchev–Trinajstić information content (AvgIpc) is 2.14. The molecule has 0 radical (unpaired) electrons. The first-order valence-electron chi connectivity index (χ1n) is 5.89. The summed E-state index contributed by atoms with van der Waals surface area (Å²) in [4.78, 5) is 0. The Labute approximate surface area is 109 Å². The summed E-state index contributed by atoms with van der Waals surface area (Å²) in [5.41, 5.74) is 0. The number of nitrogens with one attached hydrogen (secondary N) is 1. The second kappa shape index (κ2) is 8.67. The van der Waals surface area contributed by atoms with Crippen LogP contribution in [0.2, 0.25) is 0 Å². The van der Waals surface area contributed by atoms with Crippen LogP contribution in [0, 0.1) is 0 Å². The molecule has 0 aromatic carbocycles. The summed E-state index contributed by atoms with van der Waals surface area (Å²) in [6, 6.07) is 0.948. The Morgan fingerprint density at radius 1 is 1.25 bits per heavy atom. The largest absolute Gasteiger partial charge is 0.396 e. The van der Waals surface area contributed by atoms with Crippen LogP contribution in [0.15, 0.2) is 0 Å². The highest BCUT2D eigenvalue weighted by Crippen LogP contribution is 2.23. The summed E-state index contributed by atoms with van der Waals surface area (Å²) in [6.45, 7) is 9.24. The minimum absolute atomic E-state index is 0.275. The van der Waals surface area contributed by atoms with Crippen LogP contribution in [-0.4, -0.2) is 46.3 Å².